The zero-order valence-corrected chi connectivity index (χ0v) is 9.65. The molecule has 0 spiro atoms. The van der Waals surface area contributed by atoms with Crippen LogP contribution in [-0.4, -0.2) is 9.97 Å². The second-order valence-electron chi connectivity index (χ2n) is 3.13. The van der Waals surface area contributed by atoms with Gasteiger partial charge in [-0.15, -0.1) is 22.7 Å². The Morgan fingerprint density at radius 3 is 2.79 bits per heavy atom. The van der Waals surface area contributed by atoms with Gasteiger partial charge < -0.3 is 5.73 Å². The third-order valence-electron chi connectivity index (χ3n) is 1.90. The molecule has 0 saturated heterocycles. The van der Waals surface area contributed by atoms with Crippen LogP contribution in [0.5, 0.6) is 0 Å². The quantitative estimate of drug-likeness (QED) is 0.854. The summed E-state index contributed by atoms with van der Waals surface area (Å²) in [5.41, 5.74) is 9.63. The standard InChI is InChI=1S/C9H11N3S2/c1-5(10)8-6(2)12-9(14-8)7-3-13-4-11-7/h3-5H,10H2,1-2H3. The van der Waals surface area contributed by atoms with Crippen LogP contribution in [0.1, 0.15) is 23.5 Å². The summed E-state index contributed by atoms with van der Waals surface area (Å²) < 4.78 is 0. The van der Waals surface area contributed by atoms with E-state index in [1.807, 2.05) is 24.7 Å². The molecule has 74 valence electrons. The van der Waals surface area contributed by atoms with Crippen molar-refractivity contribution in [3.05, 3.63) is 21.5 Å². The monoisotopic (exact) mass is 225 g/mol. The molecule has 2 aromatic heterocycles. The van der Waals surface area contributed by atoms with Crippen LogP contribution in [-0.2, 0) is 0 Å². The Bertz CT molecular complexity index is 417. The molecule has 0 aliphatic heterocycles. The molecule has 0 aromatic carbocycles. The molecule has 1 atom stereocenters. The second kappa shape index (κ2) is 3.76. The Morgan fingerprint density at radius 1 is 1.50 bits per heavy atom. The molecular formula is C9H11N3S2. The highest BCUT2D eigenvalue weighted by molar-refractivity contribution is 7.15. The van der Waals surface area contributed by atoms with E-state index in [2.05, 4.69) is 9.97 Å². The molecule has 3 nitrogen and oxygen atoms in total. The van der Waals surface area contributed by atoms with E-state index in [-0.39, 0.29) is 6.04 Å². The first-order valence-electron chi connectivity index (χ1n) is 4.30. The fraction of sp³-hybridized carbons (Fsp3) is 0.333. The molecule has 1 unspecified atom stereocenters. The maximum atomic E-state index is 5.83. The normalized spacial score (nSPS) is 13.1. The predicted octanol–water partition coefficient (Wildman–Crippen LogP) is 2.59. The third kappa shape index (κ3) is 1.70. The number of aryl methyl sites for hydroxylation is 1. The molecule has 0 bridgehead atoms. The molecule has 0 amide bonds. The van der Waals surface area contributed by atoms with Gasteiger partial charge in [0.25, 0.3) is 0 Å². The van der Waals surface area contributed by atoms with Crippen molar-refractivity contribution in [1.82, 2.24) is 9.97 Å². The van der Waals surface area contributed by atoms with Crippen molar-refractivity contribution in [3.8, 4) is 10.7 Å². The maximum Gasteiger partial charge on any atom is 0.143 e. The highest BCUT2D eigenvalue weighted by Gasteiger charge is 2.12. The first kappa shape index (κ1) is 9.76. The lowest BCUT2D eigenvalue weighted by atomic mass is 10.2. The van der Waals surface area contributed by atoms with E-state index in [1.54, 1.807) is 22.7 Å². The molecular weight excluding hydrogens is 214 g/mol. The van der Waals surface area contributed by atoms with Crippen molar-refractivity contribution in [2.24, 2.45) is 5.73 Å². The molecule has 2 rings (SSSR count). The Morgan fingerprint density at radius 2 is 2.29 bits per heavy atom. The van der Waals surface area contributed by atoms with Crippen LogP contribution in [0.4, 0.5) is 0 Å². The van der Waals surface area contributed by atoms with Crippen LogP contribution >= 0.6 is 22.7 Å². The van der Waals surface area contributed by atoms with Gasteiger partial charge in [0.1, 0.15) is 10.7 Å². The molecule has 0 aliphatic carbocycles. The molecule has 0 fully saturated rings. The van der Waals surface area contributed by atoms with E-state index in [0.29, 0.717) is 0 Å². The Balaban J connectivity index is 2.43. The van der Waals surface area contributed by atoms with Crippen LogP contribution in [0.2, 0.25) is 0 Å². The van der Waals surface area contributed by atoms with Gasteiger partial charge in [-0.05, 0) is 13.8 Å². The number of thiazole rings is 2. The lowest BCUT2D eigenvalue weighted by Gasteiger charge is -1.99. The highest BCUT2D eigenvalue weighted by atomic mass is 32.1. The van der Waals surface area contributed by atoms with Gasteiger partial charge in [0.15, 0.2) is 0 Å². The summed E-state index contributed by atoms with van der Waals surface area (Å²) in [7, 11) is 0. The Kier molecular flexibility index (Phi) is 2.62. The van der Waals surface area contributed by atoms with E-state index < -0.39 is 0 Å². The summed E-state index contributed by atoms with van der Waals surface area (Å²) >= 11 is 3.22. The van der Waals surface area contributed by atoms with Crippen LogP contribution in [0.15, 0.2) is 10.9 Å². The van der Waals surface area contributed by atoms with Gasteiger partial charge in [0.2, 0.25) is 0 Å². The van der Waals surface area contributed by atoms with Crippen LogP contribution < -0.4 is 5.73 Å². The van der Waals surface area contributed by atoms with Crippen molar-refractivity contribution in [1.29, 1.82) is 0 Å². The minimum absolute atomic E-state index is 0.0554. The van der Waals surface area contributed by atoms with E-state index in [0.717, 1.165) is 21.3 Å². The number of hydrogen-bond acceptors (Lipinski definition) is 5. The number of hydrogen-bond donors (Lipinski definition) is 1. The van der Waals surface area contributed by atoms with E-state index >= 15 is 0 Å². The van der Waals surface area contributed by atoms with Gasteiger partial charge in [-0.3, -0.25) is 0 Å². The highest BCUT2D eigenvalue weighted by Crippen LogP contribution is 2.30. The molecule has 2 N–H and O–H groups in total. The molecule has 0 radical (unpaired) electrons. The first-order valence-corrected chi connectivity index (χ1v) is 6.06. The lowest BCUT2D eigenvalue weighted by Crippen LogP contribution is -2.03. The average Bonchev–Trinajstić information content (AvgIpc) is 2.70. The molecule has 5 heteroatoms. The van der Waals surface area contributed by atoms with Gasteiger partial charge >= 0.3 is 0 Å². The van der Waals surface area contributed by atoms with E-state index in [1.165, 1.54) is 0 Å². The summed E-state index contributed by atoms with van der Waals surface area (Å²) in [6.07, 6.45) is 0. The van der Waals surface area contributed by atoms with Crippen LogP contribution in [0.3, 0.4) is 0 Å². The minimum Gasteiger partial charge on any atom is -0.323 e. The van der Waals surface area contributed by atoms with Crippen molar-refractivity contribution in [2.75, 3.05) is 0 Å². The predicted molar refractivity (Wildman–Crippen MR) is 60.6 cm³/mol. The zero-order chi connectivity index (χ0) is 10.1. The molecule has 2 heterocycles. The maximum absolute atomic E-state index is 5.83. The van der Waals surface area contributed by atoms with Crippen molar-refractivity contribution in [3.63, 3.8) is 0 Å². The van der Waals surface area contributed by atoms with Crippen LogP contribution in [0.25, 0.3) is 10.7 Å². The number of nitrogens with two attached hydrogens (primary N) is 1. The van der Waals surface area contributed by atoms with Gasteiger partial charge in [-0.1, -0.05) is 0 Å². The molecule has 2 aromatic rings. The topological polar surface area (TPSA) is 51.8 Å². The molecule has 0 aliphatic rings. The second-order valence-corrected chi connectivity index (χ2v) is 4.88. The van der Waals surface area contributed by atoms with Gasteiger partial charge in [-0.2, -0.15) is 0 Å². The largest absolute Gasteiger partial charge is 0.323 e. The SMILES string of the molecule is Cc1nc(-c2cscn2)sc1C(C)N. The number of rotatable bonds is 2. The van der Waals surface area contributed by atoms with Crippen molar-refractivity contribution in [2.45, 2.75) is 19.9 Å². The van der Waals surface area contributed by atoms with Crippen LogP contribution in [0, 0.1) is 6.92 Å². The number of nitrogens with zero attached hydrogens (tertiary/aromatic N) is 2. The Labute approximate surface area is 90.6 Å². The number of aromatic nitrogens is 2. The van der Waals surface area contributed by atoms with E-state index in [4.69, 9.17) is 5.73 Å². The zero-order valence-electron chi connectivity index (χ0n) is 8.02. The lowest BCUT2D eigenvalue weighted by molar-refractivity contribution is 0.825. The summed E-state index contributed by atoms with van der Waals surface area (Å²) in [6, 6.07) is 0.0554. The van der Waals surface area contributed by atoms with Gasteiger partial charge in [0.05, 0.1) is 11.2 Å². The van der Waals surface area contributed by atoms with Crippen molar-refractivity contribution < 1.29 is 0 Å². The summed E-state index contributed by atoms with van der Waals surface area (Å²) in [6.45, 7) is 3.97. The van der Waals surface area contributed by atoms with Crippen molar-refractivity contribution >= 4 is 22.7 Å². The fourth-order valence-electron chi connectivity index (χ4n) is 1.26. The first-order chi connectivity index (χ1) is 6.68. The summed E-state index contributed by atoms with van der Waals surface area (Å²) in [5, 5.41) is 2.97. The Hall–Kier alpha value is -0.780. The smallest absolute Gasteiger partial charge is 0.143 e. The third-order valence-corrected chi connectivity index (χ3v) is 3.86. The summed E-state index contributed by atoms with van der Waals surface area (Å²) in [4.78, 5) is 9.83. The molecule has 0 saturated carbocycles. The molecule has 14 heavy (non-hydrogen) atoms. The minimum atomic E-state index is 0.0554. The van der Waals surface area contributed by atoms with Gasteiger partial charge in [0, 0.05) is 16.3 Å². The summed E-state index contributed by atoms with van der Waals surface area (Å²) in [5.74, 6) is 0. The average molecular weight is 225 g/mol. The van der Waals surface area contributed by atoms with E-state index in [9.17, 15) is 0 Å². The van der Waals surface area contributed by atoms with Gasteiger partial charge in [-0.25, -0.2) is 9.97 Å². The fourth-order valence-corrected chi connectivity index (χ4v) is 2.86.